The molecule has 0 aliphatic carbocycles. The maximum absolute atomic E-state index is 12.3. The molecule has 3 heterocycles. The summed E-state index contributed by atoms with van der Waals surface area (Å²) in [6.45, 7) is 5.46. The topological polar surface area (TPSA) is 84.9 Å². The highest BCUT2D eigenvalue weighted by Crippen LogP contribution is 2.28. The molecule has 1 aliphatic heterocycles. The highest BCUT2D eigenvalue weighted by atomic mass is 16.5. The predicted octanol–water partition coefficient (Wildman–Crippen LogP) is 1.99. The van der Waals surface area contributed by atoms with Crippen molar-refractivity contribution in [3.8, 4) is 6.07 Å². The number of hydrogen-bond donors (Lipinski definition) is 1. The normalized spacial score (nSPS) is 17.0. The average molecular weight is 327 g/mol. The first-order valence-electron chi connectivity index (χ1n) is 8.07. The van der Waals surface area contributed by atoms with Crippen molar-refractivity contribution < 1.29 is 9.53 Å². The van der Waals surface area contributed by atoms with Crippen molar-refractivity contribution in [1.82, 2.24) is 14.1 Å². The van der Waals surface area contributed by atoms with Gasteiger partial charge in [0.05, 0.1) is 24.5 Å². The monoisotopic (exact) mass is 327 g/mol. The number of nitriles is 1. The minimum absolute atomic E-state index is 0.131. The molecular weight excluding hydrogens is 306 g/mol. The van der Waals surface area contributed by atoms with E-state index in [0.717, 1.165) is 30.7 Å². The Balaban J connectivity index is 1.85. The summed E-state index contributed by atoms with van der Waals surface area (Å²) in [5, 5.41) is 12.4. The molecule has 2 aromatic rings. The molecule has 1 atom stereocenters. The van der Waals surface area contributed by atoms with Crippen LogP contribution in [0.3, 0.4) is 0 Å². The summed E-state index contributed by atoms with van der Waals surface area (Å²) < 4.78 is 9.40. The molecule has 7 nitrogen and oxygen atoms in total. The van der Waals surface area contributed by atoms with Gasteiger partial charge in [-0.2, -0.15) is 5.26 Å². The zero-order valence-electron chi connectivity index (χ0n) is 14.0. The lowest BCUT2D eigenvalue weighted by atomic mass is 10.2. The quantitative estimate of drug-likeness (QED) is 0.910. The molecule has 126 valence electrons. The van der Waals surface area contributed by atoms with Crippen LogP contribution >= 0.6 is 0 Å². The highest BCUT2D eigenvalue weighted by Gasteiger charge is 2.23. The Hall–Kier alpha value is -2.59. The smallest absolute Gasteiger partial charge is 0.245 e. The molecule has 0 aromatic carbocycles. The molecule has 0 spiro atoms. The van der Waals surface area contributed by atoms with E-state index in [0.29, 0.717) is 17.9 Å². The lowest BCUT2D eigenvalue weighted by Crippen LogP contribution is -2.23. The van der Waals surface area contributed by atoms with E-state index in [1.54, 1.807) is 23.3 Å². The van der Waals surface area contributed by atoms with E-state index in [2.05, 4.69) is 16.4 Å². The van der Waals surface area contributed by atoms with Gasteiger partial charge in [-0.1, -0.05) is 0 Å². The Morgan fingerprint density at radius 1 is 1.54 bits per heavy atom. The number of amides is 1. The summed E-state index contributed by atoms with van der Waals surface area (Å²) in [6, 6.07) is 2.22. The fraction of sp³-hybridized carbons (Fsp3) is 0.471. The molecule has 7 heteroatoms. The molecule has 0 radical (unpaired) electrons. The van der Waals surface area contributed by atoms with Crippen molar-refractivity contribution in [3.63, 3.8) is 0 Å². The Morgan fingerprint density at radius 3 is 3.00 bits per heavy atom. The number of imidazole rings is 1. The molecule has 1 amide bonds. The molecule has 1 N–H and O–H groups in total. The average Bonchev–Trinajstić information content (AvgIpc) is 3.28. The number of nitrogens with zero attached hydrogens (tertiary/aromatic N) is 4. The number of carbonyl (C=O) groups excluding carboxylic acids is 1. The van der Waals surface area contributed by atoms with Crippen LogP contribution in [0.1, 0.15) is 29.7 Å². The molecule has 24 heavy (non-hydrogen) atoms. The summed E-state index contributed by atoms with van der Waals surface area (Å²) in [5.74, 6) is 0.378. The summed E-state index contributed by atoms with van der Waals surface area (Å²) in [5.41, 5.74) is 2.40. The van der Waals surface area contributed by atoms with Crippen LogP contribution in [0, 0.1) is 25.2 Å². The zero-order chi connectivity index (χ0) is 17.1. The van der Waals surface area contributed by atoms with Gasteiger partial charge in [0.25, 0.3) is 0 Å². The van der Waals surface area contributed by atoms with Gasteiger partial charge in [0.15, 0.2) is 0 Å². The van der Waals surface area contributed by atoms with Gasteiger partial charge in [-0.3, -0.25) is 4.79 Å². The van der Waals surface area contributed by atoms with Crippen molar-refractivity contribution in [1.29, 1.82) is 5.26 Å². The number of ether oxygens (including phenoxy) is 1. The maximum atomic E-state index is 12.3. The van der Waals surface area contributed by atoms with E-state index >= 15 is 0 Å². The fourth-order valence-corrected chi connectivity index (χ4v) is 3.07. The summed E-state index contributed by atoms with van der Waals surface area (Å²) in [6.07, 6.45) is 7.13. The number of carbonyl (C=O) groups is 1. The van der Waals surface area contributed by atoms with Crippen LogP contribution in [0.2, 0.25) is 0 Å². The van der Waals surface area contributed by atoms with Crippen LogP contribution in [-0.2, 0) is 22.6 Å². The van der Waals surface area contributed by atoms with Crippen molar-refractivity contribution in [3.05, 3.63) is 35.5 Å². The maximum Gasteiger partial charge on any atom is 0.245 e. The summed E-state index contributed by atoms with van der Waals surface area (Å²) >= 11 is 0. The predicted molar refractivity (Wildman–Crippen MR) is 88.5 cm³/mol. The van der Waals surface area contributed by atoms with Gasteiger partial charge in [-0.25, -0.2) is 4.98 Å². The standard InChI is InChI=1S/C17H21N5O2/c1-12-13(2)22(9-14-4-3-7-24-14)17(15(12)8-18)20-16(23)10-21-6-5-19-11-21/h5-6,11,14H,3-4,7,9-10H2,1-2H3,(H,20,23)/t14-/m0/s1. The molecule has 1 saturated heterocycles. The third-order valence-electron chi connectivity index (χ3n) is 4.49. The van der Waals surface area contributed by atoms with Gasteiger partial charge in [0, 0.05) is 24.7 Å². The van der Waals surface area contributed by atoms with Crippen LogP contribution < -0.4 is 5.32 Å². The third-order valence-corrected chi connectivity index (χ3v) is 4.49. The molecular formula is C17H21N5O2. The summed E-state index contributed by atoms with van der Waals surface area (Å²) in [7, 11) is 0. The highest BCUT2D eigenvalue weighted by molar-refractivity contribution is 5.91. The molecule has 3 rings (SSSR count). The zero-order valence-corrected chi connectivity index (χ0v) is 14.0. The summed E-state index contributed by atoms with van der Waals surface area (Å²) in [4.78, 5) is 16.3. The molecule has 2 aromatic heterocycles. The van der Waals surface area contributed by atoms with Crippen LogP contribution in [-0.4, -0.2) is 32.7 Å². The second-order valence-corrected chi connectivity index (χ2v) is 6.07. The second kappa shape index (κ2) is 6.89. The van der Waals surface area contributed by atoms with Crippen molar-refractivity contribution in [2.45, 2.75) is 45.9 Å². The Bertz CT molecular complexity index is 764. The molecule has 1 fully saturated rings. The SMILES string of the molecule is Cc1c(C#N)c(NC(=O)Cn2ccnc2)n(C[C@@H]2CCCO2)c1C. The molecule has 0 unspecified atom stereocenters. The lowest BCUT2D eigenvalue weighted by molar-refractivity contribution is -0.116. The lowest BCUT2D eigenvalue weighted by Gasteiger charge is -2.17. The van der Waals surface area contributed by atoms with Gasteiger partial charge in [0.1, 0.15) is 18.4 Å². The first-order valence-corrected chi connectivity index (χ1v) is 8.07. The van der Waals surface area contributed by atoms with E-state index in [1.165, 1.54) is 0 Å². The number of aromatic nitrogens is 3. The van der Waals surface area contributed by atoms with E-state index in [-0.39, 0.29) is 18.6 Å². The van der Waals surface area contributed by atoms with Gasteiger partial charge in [0.2, 0.25) is 5.91 Å². The number of rotatable bonds is 5. The first kappa shape index (κ1) is 16.3. The van der Waals surface area contributed by atoms with Crippen LogP contribution in [0.25, 0.3) is 0 Å². The van der Waals surface area contributed by atoms with Gasteiger partial charge >= 0.3 is 0 Å². The number of anilines is 1. The van der Waals surface area contributed by atoms with Crippen molar-refractivity contribution in [2.75, 3.05) is 11.9 Å². The van der Waals surface area contributed by atoms with E-state index in [9.17, 15) is 10.1 Å². The minimum atomic E-state index is -0.185. The van der Waals surface area contributed by atoms with Crippen LogP contribution in [0.5, 0.6) is 0 Å². The van der Waals surface area contributed by atoms with Crippen molar-refractivity contribution >= 4 is 11.7 Å². The minimum Gasteiger partial charge on any atom is -0.376 e. The number of nitrogens with one attached hydrogen (secondary N) is 1. The molecule has 1 aliphatic rings. The Morgan fingerprint density at radius 2 is 2.38 bits per heavy atom. The van der Waals surface area contributed by atoms with E-state index in [1.807, 2.05) is 18.4 Å². The first-order chi connectivity index (χ1) is 11.6. The van der Waals surface area contributed by atoms with Gasteiger partial charge in [-0.05, 0) is 32.3 Å². The van der Waals surface area contributed by atoms with Crippen LogP contribution in [0.15, 0.2) is 18.7 Å². The number of hydrogen-bond acceptors (Lipinski definition) is 4. The van der Waals surface area contributed by atoms with Gasteiger partial charge < -0.3 is 19.2 Å². The Labute approximate surface area is 140 Å². The fourth-order valence-electron chi connectivity index (χ4n) is 3.07. The van der Waals surface area contributed by atoms with E-state index in [4.69, 9.17) is 4.74 Å². The van der Waals surface area contributed by atoms with Crippen LogP contribution in [0.4, 0.5) is 5.82 Å². The van der Waals surface area contributed by atoms with Crippen molar-refractivity contribution in [2.24, 2.45) is 0 Å². The van der Waals surface area contributed by atoms with E-state index < -0.39 is 0 Å². The second-order valence-electron chi connectivity index (χ2n) is 6.07. The third kappa shape index (κ3) is 3.19. The van der Waals surface area contributed by atoms with Gasteiger partial charge in [-0.15, -0.1) is 0 Å². The molecule has 0 bridgehead atoms. The molecule has 0 saturated carbocycles. The Kier molecular flexibility index (Phi) is 4.67. The largest absolute Gasteiger partial charge is 0.376 e.